The van der Waals surface area contributed by atoms with Gasteiger partial charge in [0.05, 0.1) is 0 Å². The summed E-state index contributed by atoms with van der Waals surface area (Å²) in [5.41, 5.74) is 3.58. The van der Waals surface area contributed by atoms with E-state index in [1.807, 2.05) is 24.3 Å². The Morgan fingerprint density at radius 3 is 1.68 bits per heavy atom. The van der Waals surface area contributed by atoms with Crippen LogP contribution in [0.4, 0.5) is 0 Å². The van der Waals surface area contributed by atoms with Gasteiger partial charge in [0.25, 0.3) is 0 Å². The summed E-state index contributed by atoms with van der Waals surface area (Å²) in [5.74, 6) is 4.08. The summed E-state index contributed by atoms with van der Waals surface area (Å²) in [6.45, 7) is 8.77. The first-order valence-corrected chi connectivity index (χ1v) is 10.9. The van der Waals surface area contributed by atoms with E-state index >= 15 is 0 Å². The van der Waals surface area contributed by atoms with Crippen LogP contribution in [0.15, 0.2) is 96.8 Å². The molecule has 0 bridgehead atoms. The molecule has 1 aliphatic rings. The monoisotopic (exact) mass is 410 g/mol. The molecule has 3 aromatic rings. The van der Waals surface area contributed by atoms with Gasteiger partial charge in [0.2, 0.25) is 0 Å². The van der Waals surface area contributed by atoms with Crippen molar-refractivity contribution in [2.45, 2.75) is 39.5 Å². The van der Waals surface area contributed by atoms with Crippen LogP contribution in [-0.4, -0.2) is 0 Å². The molecule has 0 radical (unpaired) electrons. The second-order valence-electron chi connectivity index (χ2n) is 8.87. The van der Waals surface area contributed by atoms with Gasteiger partial charge in [-0.25, -0.2) is 0 Å². The van der Waals surface area contributed by atoms with E-state index in [2.05, 4.69) is 94.5 Å². The molecule has 1 atom stereocenters. The Morgan fingerprint density at radius 2 is 1.19 bits per heavy atom. The van der Waals surface area contributed by atoms with Gasteiger partial charge in [-0.05, 0) is 78.9 Å². The molecular formula is C29H30O2. The van der Waals surface area contributed by atoms with Crippen LogP contribution in [0.3, 0.4) is 0 Å². The van der Waals surface area contributed by atoms with Crippen LogP contribution in [0.25, 0.3) is 0 Å². The fraction of sp³-hybridized carbons (Fsp3) is 0.241. The summed E-state index contributed by atoms with van der Waals surface area (Å²) in [6.07, 6.45) is 7.44. The van der Waals surface area contributed by atoms with Gasteiger partial charge < -0.3 is 9.47 Å². The van der Waals surface area contributed by atoms with Gasteiger partial charge in [0.15, 0.2) is 0 Å². The van der Waals surface area contributed by atoms with E-state index in [4.69, 9.17) is 9.47 Å². The molecule has 0 aromatic heterocycles. The Kier molecular flexibility index (Phi) is 5.99. The summed E-state index contributed by atoms with van der Waals surface area (Å²) < 4.78 is 12.0. The normalized spacial score (nSPS) is 16.0. The highest BCUT2D eigenvalue weighted by molar-refractivity contribution is 5.43. The maximum atomic E-state index is 6.01. The fourth-order valence-corrected chi connectivity index (χ4v) is 3.71. The predicted octanol–water partition coefficient (Wildman–Crippen LogP) is 7.97. The zero-order chi connectivity index (χ0) is 21.8. The Hall–Kier alpha value is -3.26. The average Bonchev–Trinajstić information content (AvgIpc) is 2.78. The minimum Gasteiger partial charge on any atom is -0.458 e. The minimum atomic E-state index is -0.125. The van der Waals surface area contributed by atoms with E-state index < -0.39 is 0 Å². The van der Waals surface area contributed by atoms with Crippen molar-refractivity contribution < 1.29 is 9.47 Å². The lowest BCUT2D eigenvalue weighted by atomic mass is 9.78. The van der Waals surface area contributed by atoms with Crippen molar-refractivity contribution in [1.29, 1.82) is 0 Å². The van der Waals surface area contributed by atoms with Gasteiger partial charge >= 0.3 is 0 Å². The van der Waals surface area contributed by atoms with Crippen LogP contribution < -0.4 is 9.47 Å². The first-order valence-electron chi connectivity index (χ1n) is 10.9. The lowest BCUT2D eigenvalue weighted by Crippen LogP contribution is -2.18. The largest absolute Gasteiger partial charge is 0.458 e. The second kappa shape index (κ2) is 8.85. The molecule has 0 N–H and O–H groups in total. The predicted molar refractivity (Wildman–Crippen MR) is 128 cm³/mol. The molecule has 1 aliphatic carbocycles. The molecule has 0 heterocycles. The van der Waals surface area contributed by atoms with Gasteiger partial charge in [0, 0.05) is 5.41 Å². The van der Waals surface area contributed by atoms with Crippen LogP contribution in [0.5, 0.6) is 17.2 Å². The summed E-state index contributed by atoms with van der Waals surface area (Å²) in [7, 11) is 0. The first kappa shape index (κ1) is 21.0. The standard InChI is InChI=1S/C29H30O2/c1-21-5-13-25(14-6-21)30-27-17-9-23(10-18-27)29(3,4)24-11-19-28(20-12-24)31-26-15-7-22(2)8-16-26/h5-7,9-20,22H,8H2,1-4H3. The van der Waals surface area contributed by atoms with E-state index in [0.717, 1.165) is 29.4 Å². The van der Waals surface area contributed by atoms with E-state index in [-0.39, 0.29) is 5.41 Å². The third-order valence-corrected chi connectivity index (χ3v) is 5.92. The number of rotatable bonds is 6. The lowest BCUT2D eigenvalue weighted by molar-refractivity contribution is 0.434. The molecule has 0 saturated carbocycles. The van der Waals surface area contributed by atoms with Crippen molar-refractivity contribution in [2.75, 3.05) is 0 Å². The molecule has 1 unspecified atom stereocenters. The van der Waals surface area contributed by atoms with E-state index in [0.29, 0.717) is 5.92 Å². The Bertz CT molecular complexity index is 1070. The number of hydrogen-bond donors (Lipinski definition) is 0. The molecule has 31 heavy (non-hydrogen) atoms. The molecule has 3 aromatic carbocycles. The van der Waals surface area contributed by atoms with E-state index in [9.17, 15) is 0 Å². The Morgan fingerprint density at radius 1 is 0.710 bits per heavy atom. The van der Waals surface area contributed by atoms with Crippen LogP contribution in [0.2, 0.25) is 0 Å². The minimum absolute atomic E-state index is 0.125. The van der Waals surface area contributed by atoms with Crippen LogP contribution >= 0.6 is 0 Å². The lowest BCUT2D eigenvalue weighted by Gasteiger charge is -2.26. The van der Waals surface area contributed by atoms with Gasteiger partial charge in [0.1, 0.15) is 23.0 Å². The maximum Gasteiger partial charge on any atom is 0.127 e. The third-order valence-electron chi connectivity index (χ3n) is 5.92. The number of aryl methyl sites for hydroxylation is 1. The zero-order valence-corrected chi connectivity index (χ0v) is 18.8. The molecule has 158 valence electrons. The summed E-state index contributed by atoms with van der Waals surface area (Å²) in [4.78, 5) is 0. The van der Waals surface area contributed by atoms with Gasteiger partial charge in [-0.1, -0.05) is 68.8 Å². The number of hydrogen-bond acceptors (Lipinski definition) is 2. The highest BCUT2D eigenvalue weighted by Crippen LogP contribution is 2.34. The molecule has 0 fully saturated rings. The summed E-state index contributed by atoms with van der Waals surface area (Å²) in [5, 5.41) is 0. The molecule has 0 amide bonds. The molecule has 0 saturated heterocycles. The molecule has 4 rings (SSSR count). The van der Waals surface area contributed by atoms with Gasteiger partial charge in [-0.2, -0.15) is 0 Å². The SMILES string of the molecule is Cc1ccc(Oc2ccc(C(C)(C)c3ccc(OC4=CCC(C)C=C4)cc3)cc2)cc1. The molecular weight excluding hydrogens is 380 g/mol. The maximum absolute atomic E-state index is 6.01. The fourth-order valence-electron chi connectivity index (χ4n) is 3.71. The van der Waals surface area contributed by atoms with Gasteiger partial charge in [-0.15, -0.1) is 0 Å². The van der Waals surface area contributed by atoms with Crippen molar-refractivity contribution in [2.24, 2.45) is 5.92 Å². The number of ether oxygens (including phenoxy) is 2. The second-order valence-corrected chi connectivity index (χ2v) is 8.87. The topological polar surface area (TPSA) is 18.5 Å². The van der Waals surface area contributed by atoms with Crippen LogP contribution in [-0.2, 0) is 5.41 Å². The molecule has 0 aliphatic heterocycles. The van der Waals surface area contributed by atoms with Crippen molar-refractivity contribution >= 4 is 0 Å². The quantitative estimate of drug-likeness (QED) is 0.410. The molecule has 2 nitrogen and oxygen atoms in total. The van der Waals surface area contributed by atoms with E-state index in [1.165, 1.54) is 16.7 Å². The average molecular weight is 411 g/mol. The van der Waals surface area contributed by atoms with Crippen molar-refractivity contribution in [3.63, 3.8) is 0 Å². The van der Waals surface area contributed by atoms with Crippen LogP contribution in [0, 0.1) is 12.8 Å². The van der Waals surface area contributed by atoms with Crippen LogP contribution in [0.1, 0.15) is 43.9 Å². The first-order chi connectivity index (χ1) is 14.9. The Balaban J connectivity index is 1.44. The van der Waals surface area contributed by atoms with Gasteiger partial charge in [-0.3, -0.25) is 0 Å². The summed E-state index contributed by atoms with van der Waals surface area (Å²) in [6, 6.07) is 24.9. The summed E-state index contributed by atoms with van der Waals surface area (Å²) >= 11 is 0. The number of benzene rings is 3. The smallest absolute Gasteiger partial charge is 0.127 e. The van der Waals surface area contributed by atoms with Crippen molar-refractivity contribution in [3.8, 4) is 17.2 Å². The zero-order valence-electron chi connectivity index (χ0n) is 18.8. The molecule has 2 heteroatoms. The Labute approximate surface area is 185 Å². The highest BCUT2D eigenvalue weighted by atomic mass is 16.5. The van der Waals surface area contributed by atoms with E-state index in [1.54, 1.807) is 0 Å². The molecule has 0 spiro atoms. The third kappa shape index (κ3) is 5.08. The van der Waals surface area contributed by atoms with Crippen molar-refractivity contribution in [3.05, 3.63) is 113 Å². The number of allylic oxidation sites excluding steroid dienone is 3. The van der Waals surface area contributed by atoms with Crippen molar-refractivity contribution in [1.82, 2.24) is 0 Å². The highest BCUT2D eigenvalue weighted by Gasteiger charge is 2.23.